The second kappa shape index (κ2) is 10.8. The van der Waals surface area contributed by atoms with Crippen molar-refractivity contribution >= 4 is 22.6 Å². The lowest BCUT2D eigenvalue weighted by Gasteiger charge is -2.33. The lowest BCUT2D eigenvalue weighted by Crippen LogP contribution is -2.45. The van der Waals surface area contributed by atoms with Crippen LogP contribution in [-0.2, 0) is 10.3 Å². The molecule has 7 heteroatoms. The van der Waals surface area contributed by atoms with Gasteiger partial charge >= 0.3 is 0 Å². The third-order valence-electron chi connectivity index (χ3n) is 6.98. The van der Waals surface area contributed by atoms with Crippen molar-refractivity contribution in [3.63, 3.8) is 0 Å². The number of amides is 1. The Morgan fingerprint density at radius 1 is 1.14 bits per heavy atom. The van der Waals surface area contributed by atoms with Gasteiger partial charge in [-0.25, -0.2) is 4.98 Å². The number of hydrogen-bond donors (Lipinski definition) is 1. The Balaban J connectivity index is 1.35. The van der Waals surface area contributed by atoms with Crippen molar-refractivity contribution < 1.29 is 4.79 Å². The van der Waals surface area contributed by atoms with E-state index < -0.39 is 0 Å². The van der Waals surface area contributed by atoms with Crippen LogP contribution >= 0.6 is 0 Å². The predicted molar refractivity (Wildman–Crippen MR) is 139 cm³/mol. The maximum atomic E-state index is 13.1. The molecule has 0 radical (unpaired) electrons. The molecule has 7 nitrogen and oxygen atoms in total. The first-order valence-corrected chi connectivity index (χ1v) is 12.5. The van der Waals surface area contributed by atoms with E-state index in [9.17, 15) is 4.79 Å². The fourth-order valence-electron chi connectivity index (χ4n) is 4.90. The average molecular weight is 471 g/mol. The largest absolute Gasteiger partial charge is 0.352 e. The molecule has 1 N–H and O–H groups in total. The van der Waals surface area contributed by atoms with Crippen molar-refractivity contribution in [3.8, 4) is 6.07 Å². The Bertz CT molecular complexity index is 1190. The van der Waals surface area contributed by atoms with Gasteiger partial charge in [-0.2, -0.15) is 5.26 Å². The van der Waals surface area contributed by atoms with E-state index in [1.54, 1.807) is 12.3 Å². The first-order chi connectivity index (χ1) is 17.0. The van der Waals surface area contributed by atoms with Crippen LogP contribution in [0.5, 0.6) is 0 Å². The topological polar surface area (TPSA) is 85.1 Å². The van der Waals surface area contributed by atoms with Crippen molar-refractivity contribution in [2.24, 2.45) is 0 Å². The van der Waals surface area contributed by atoms with Gasteiger partial charge in [0.1, 0.15) is 11.9 Å². The first kappa shape index (κ1) is 24.6. The van der Waals surface area contributed by atoms with Crippen LogP contribution in [0.1, 0.15) is 51.2 Å². The van der Waals surface area contributed by atoms with E-state index in [2.05, 4.69) is 58.3 Å². The molecule has 2 aromatic heterocycles. The third kappa shape index (κ3) is 5.44. The van der Waals surface area contributed by atoms with Crippen LogP contribution in [0.3, 0.4) is 0 Å². The molecular weight excluding hydrogens is 436 g/mol. The van der Waals surface area contributed by atoms with E-state index in [0.29, 0.717) is 31.6 Å². The highest BCUT2D eigenvalue weighted by atomic mass is 16.2. The van der Waals surface area contributed by atoms with Crippen LogP contribution in [0.2, 0.25) is 0 Å². The van der Waals surface area contributed by atoms with E-state index in [4.69, 9.17) is 5.26 Å². The number of rotatable bonds is 11. The molecule has 1 atom stereocenters. The van der Waals surface area contributed by atoms with Crippen LogP contribution in [0, 0.1) is 11.3 Å². The molecule has 0 bridgehead atoms. The van der Waals surface area contributed by atoms with Crippen LogP contribution in [0.25, 0.3) is 10.9 Å². The maximum Gasteiger partial charge on any atom is 0.223 e. The number of fused-ring (bicyclic) bond motifs is 1. The summed E-state index contributed by atoms with van der Waals surface area (Å²) in [6, 6.07) is 16.3. The van der Waals surface area contributed by atoms with Gasteiger partial charge in [0.25, 0.3) is 0 Å². The number of nitrogens with zero attached hydrogens (tertiary/aromatic N) is 5. The standard InChI is InChI=1S/C28H34N6O/c1-4-33(20-21(3)34(5-2)26-12-11-22(18-29)19-31-26)27(35)13-17-32-28(14-15-28)24-9-6-10-25-23(24)8-7-16-30-25/h6-12,16,19,21,32H,4-5,13-15,17,20H2,1-3H3. The molecule has 1 unspecified atom stereocenters. The number of anilines is 1. The van der Waals surface area contributed by atoms with Crippen molar-refractivity contribution in [1.29, 1.82) is 5.26 Å². The molecule has 4 rings (SSSR count). The van der Waals surface area contributed by atoms with Crippen LogP contribution in [0.15, 0.2) is 54.9 Å². The zero-order valence-corrected chi connectivity index (χ0v) is 20.9. The number of carbonyl (C=O) groups excluding carboxylic acids is 1. The normalized spacial score (nSPS) is 14.8. The molecule has 1 aromatic carbocycles. The van der Waals surface area contributed by atoms with Crippen LogP contribution in [-0.4, -0.2) is 53.0 Å². The van der Waals surface area contributed by atoms with Crippen molar-refractivity contribution in [3.05, 3.63) is 66.0 Å². The van der Waals surface area contributed by atoms with Crippen molar-refractivity contribution in [1.82, 2.24) is 20.2 Å². The summed E-state index contributed by atoms with van der Waals surface area (Å²) < 4.78 is 0. The van der Waals surface area contributed by atoms with Gasteiger partial charge in [-0.1, -0.05) is 18.2 Å². The molecule has 0 aliphatic heterocycles. The smallest absolute Gasteiger partial charge is 0.223 e. The molecule has 1 amide bonds. The van der Waals surface area contributed by atoms with Crippen LogP contribution < -0.4 is 10.2 Å². The minimum Gasteiger partial charge on any atom is -0.352 e. The summed E-state index contributed by atoms with van der Waals surface area (Å²) in [6.45, 7) is 8.94. The summed E-state index contributed by atoms with van der Waals surface area (Å²) in [4.78, 5) is 26.1. The van der Waals surface area contributed by atoms with Gasteiger partial charge in [-0.3, -0.25) is 9.78 Å². The number of nitriles is 1. The highest BCUT2D eigenvalue weighted by molar-refractivity contribution is 5.83. The summed E-state index contributed by atoms with van der Waals surface area (Å²) in [7, 11) is 0. The zero-order valence-electron chi connectivity index (χ0n) is 20.9. The lowest BCUT2D eigenvalue weighted by molar-refractivity contribution is -0.131. The number of pyridine rings is 2. The van der Waals surface area contributed by atoms with E-state index in [-0.39, 0.29) is 17.5 Å². The Labute approximate surface area is 207 Å². The molecule has 0 spiro atoms. The quantitative estimate of drug-likeness (QED) is 0.451. The van der Waals surface area contributed by atoms with E-state index in [1.165, 1.54) is 10.9 Å². The number of benzene rings is 1. The van der Waals surface area contributed by atoms with E-state index in [1.807, 2.05) is 36.2 Å². The number of nitrogens with one attached hydrogen (secondary N) is 1. The molecule has 1 aliphatic rings. The van der Waals surface area contributed by atoms with Gasteiger partial charge in [-0.05, 0) is 63.4 Å². The summed E-state index contributed by atoms with van der Waals surface area (Å²) in [5.74, 6) is 0.982. The molecule has 1 aliphatic carbocycles. The summed E-state index contributed by atoms with van der Waals surface area (Å²) >= 11 is 0. The second-order valence-corrected chi connectivity index (χ2v) is 9.22. The summed E-state index contributed by atoms with van der Waals surface area (Å²) in [5.41, 5.74) is 2.79. The average Bonchev–Trinajstić information content (AvgIpc) is 3.68. The SMILES string of the molecule is CCN(CC(C)N(CC)c1ccc(C#N)cn1)C(=O)CCNC1(c2cccc3ncccc23)CC1. The highest BCUT2D eigenvalue weighted by Crippen LogP contribution is 2.47. The molecule has 0 saturated heterocycles. The molecule has 182 valence electrons. The predicted octanol–water partition coefficient (Wildman–Crippen LogP) is 4.23. The Morgan fingerprint density at radius 2 is 1.97 bits per heavy atom. The molecule has 1 fully saturated rings. The number of likely N-dealkylation sites (N-methyl/N-ethyl adjacent to an activating group) is 2. The molecule has 1 saturated carbocycles. The number of hydrogen-bond acceptors (Lipinski definition) is 6. The van der Waals surface area contributed by atoms with Gasteiger partial charge in [0.15, 0.2) is 0 Å². The summed E-state index contributed by atoms with van der Waals surface area (Å²) in [6.07, 6.45) is 6.04. The second-order valence-electron chi connectivity index (χ2n) is 9.22. The van der Waals surface area contributed by atoms with Crippen molar-refractivity contribution in [2.75, 3.05) is 31.1 Å². The highest BCUT2D eigenvalue weighted by Gasteiger charge is 2.44. The van der Waals surface area contributed by atoms with E-state index >= 15 is 0 Å². The maximum absolute atomic E-state index is 13.1. The number of aromatic nitrogens is 2. The molecular formula is C28H34N6O. The van der Waals surface area contributed by atoms with Gasteiger partial charge in [0.05, 0.1) is 11.1 Å². The Kier molecular flexibility index (Phi) is 7.62. The minimum absolute atomic E-state index is 0.0482. The van der Waals surface area contributed by atoms with Crippen molar-refractivity contribution in [2.45, 2.75) is 51.6 Å². The minimum atomic E-state index is -0.0482. The monoisotopic (exact) mass is 470 g/mol. The van der Waals surface area contributed by atoms with Gasteiger partial charge in [-0.15, -0.1) is 0 Å². The molecule has 35 heavy (non-hydrogen) atoms. The number of carbonyl (C=O) groups is 1. The Hall–Kier alpha value is -3.50. The third-order valence-corrected chi connectivity index (χ3v) is 6.98. The Morgan fingerprint density at radius 3 is 2.63 bits per heavy atom. The fraction of sp³-hybridized carbons (Fsp3) is 0.429. The molecule has 3 aromatic rings. The zero-order chi connectivity index (χ0) is 24.8. The van der Waals surface area contributed by atoms with Gasteiger partial charge in [0, 0.05) is 62.0 Å². The van der Waals surface area contributed by atoms with Crippen LogP contribution in [0.4, 0.5) is 5.82 Å². The van der Waals surface area contributed by atoms with Gasteiger partial charge < -0.3 is 15.1 Å². The lowest BCUT2D eigenvalue weighted by atomic mass is 9.99. The van der Waals surface area contributed by atoms with E-state index in [0.717, 1.165) is 30.7 Å². The molecule has 2 heterocycles. The first-order valence-electron chi connectivity index (χ1n) is 12.5. The summed E-state index contributed by atoms with van der Waals surface area (Å²) in [5, 5.41) is 13.9. The fourth-order valence-corrected chi connectivity index (χ4v) is 4.90. The van der Waals surface area contributed by atoms with Gasteiger partial charge in [0.2, 0.25) is 5.91 Å².